The number of rotatable bonds is 10. The molecule has 2 heteroatoms. The molecule has 0 heterocycles. The number of hydrogen-bond acceptors (Lipinski definition) is 2. The Morgan fingerprint density at radius 1 is 0.972 bits per heavy atom. The van der Waals surface area contributed by atoms with E-state index < -0.39 is 0 Å². The van der Waals surface area contributed by atoms with E-state index in [1.165, 1.54) is 76.8 Å². The third-order valence-corrected chi connectivity index (χ3v) is 6.86. The van der Waals surface area contributed by atoms with Gasteiger partial charge >= 0.3 is 0 Å². The molecule has 0 aliphatic heterocycles. The summed E-state index contributed by atoms with van der Waals surface area (Å²) >= 11 is 3.53. The van der Waals surface area contributed by atoms with Gasteiger partial charge in [-0.2, -0.15) is 12.6 Å². The predicted molar refractivity (Wildman–Crippen MR) is 168 cm³/mol. The molecule has 0 saturated heterocycles. The summed E-state index contributed by atoms with van der Waals surface area (Å²) in [5.74, 6) is 0.627. The second-order valence-corrected chi connectivity index (χ2v) is 9.85. The number of anilines is 1. The Labute approximate surface area is 228 Å². The molecule has 1 aromatic rings. The van der Waals surface area contributed by atoms with Gasteiger partial charge in [-0.25, -0.2) is 0 Å². The number of nitrogens with one attached hydrogen (secondary N) is 1. The molecule has 0 aromatic heterocycles. The molecule has 0 bridgehead atoms. The number of benzene rings is 1. The molecule has 1 N–H and O–H groups in total. The third kappa shape index (κ3) is 9.90. The average Bonchev–Trinajstić information content (AvgIpc) is 2.89. The molecule has 0 radical (unpaired) electrons. The Kier molecular flexibility index (Phi) is 15.0. The van der Waals surface area contributed by atoms with E-state index in [2.05, 4.69) is 114 Å². The molecule has 0 spiro atoms. The van der Waals surface area contributed by atoms with Crippen molar-refractivity contribution in [2.45, 2.75) is 73.1 Å². The summed E-state index contributed by atoms with van der Waals surface area (Å²) in [6.45, 7) is 19.3. The molecule has 0 unspecified atom stereocenters. The molecule has 36 heavy (non-hydrogen) atoms. The van der Waals surface area contributed by atoms with Gasteiger partial charge in [0.1, 0.15) is 0 Å². The van der Waals surface area contributed by atoms with E-state index >= 15 is 0 Å². The number of hydrogen-bond donors (Lipinski definition) is 2. The van der Waals surface area contributed by atoms with Crippen molar-refractivity contribution >= 4 is 18.3 Å². The van der Waals surface area contributed by atoms with Crippen LogP contribution in [-0.4, -0.2) is 13.3 Å². The first-order chi connectivity index (χ1) is 17.3. The highest BCUT2D eigenvalue weighted by atomic mass is 32.1. The van der Waals surface area contributed by atoms with Crippen LogP contribution in [0.5, 0.6) is 0 Å². The van der Waals surface area contributed by atoms with Crippen molar-refractivity contribution in [2.24, 2.45) is 5.92 Å². The third-order valence-electron chi connectivity index (χ3n) is 6.86. The molecular weight excluding hydrogens is 454 g/mol. The first-order valence-electron chi connectivity index (χ1n) is 13.2. The Balaban J connectivity index is 0.00000316. The second-order valence-electron chi connectivity index (χ2n) is 9.85. The Morgan fingerprint density at radius 3 is 2.17 bits per heavy atom. The van der Waals surface area contributed by atoms with Crippen molar-refractivity contribution in [3.63, 3.8) is 0 Å². The predicted octanol–water partition coefficient (Wildman–Crippen LogP) is 10.2. The molecule has 1 nitrogen and oxygen atoms in total. The van der Waals surface area contributed by atoms with Gasteiger partial charge in [-0.1, -0.05) is 92.1 Å². The van der Waals surface area contributed by atoms with Gasteiger partial charge in [0, 0.05) is 12.7 Å². The van der Waals surface area contributed by atoms with Crippen LogP contribution in [0.25, 0.3) is 0 Å². The molecule has 196 valence electrons. The fourth-order valence-electron chi connectivity index (χ4n) is 4.78. The van der Waals surface area contributed by atoms with Crippen LogP contribution in [0, 0.1) is 5.92 Å². The van der Waals surface area contributed by atoms with Crippen LogP contribution in [0.3, 0.4) is 0 Å². The normalized spacial score (nSPS) is 15.6. The highest BCUT2D eigenvalue weighted by molar-refractivity contribution is 7.79. The molecule has 1 aliphatic carbocycles. The molecule has 0 atom stereocenters. The van der Waals surface area contributed by atoms with Gasteiger partial charge < -0.3 is 5.32 Å². The van der Waals surface area contributed by atoms with E-state index in [0.717, 1.165) is 12.0 Å². The Hall–Kier alpha value is -2.45. The molecule has 2 rings (SSSR count). The van der Waals surface area contributed by atoms with E-state index in [4.69, 9.17) is 0 Å². The van der Waals surface area contributed by atoms with Gasteiger partial charge in [0.05, 0.1) is 0 Å². The zero-order valence-corrected chi connectivity index (χ0v) is 24.8. The molecular formula is C34H49NS. The Morgan fingerprint density at radius 2 is 1.61 bits per heavy atom. The van der Waals surface area contributed by atoms with E-state index in [-0.39, 0.29) is 0 Å². The van der Waals surface area contributed by atoms with Crippen LogP contribution in [-0.2, 0) is 6.42 Å². The highest BCUT2D eigenvalue weighted by Gasteiger charge is 2.22. The first-order valence-corrected chi connectivity index (χ1v) is 14.1. The molecule has 1 fully saturated rings. The minimum Gasteiger partial charge on any atom is -0.388 e. The number of para-hydroxylation sites is 1. The van der Waals surface area contributed by atoms with Crippen molar-refractivity contribution < 1.29 is 0 Å². The van der Waals surface area contributed by atoms with Crippen molar-refractivity contribution in [3.05, 3.63) is 112 Å². The quantitative estimate of drug-likeness (QED) is 0.239. The van der Waals surface area contributed by atoms with Gasteiger partial charge in [0.15, 0.2) is 0 Å². The number of thiol groups is 1. The fourth-order valence-corrected chi connectivity index (χ4v) is 4.78. The smallest absolute Gasteiger partial charge is 0.0373 e. The highest BCUT2D eigenvalue weighted by Crippen LogP contribution is 2.38. The van der Waals surface area contributed by atoms with Gasteiger partial charge in [0.25, 0.3) is 0 Å². The van der Waals surface area contributed by atoms with Gasteiger partial charge in [-0.05, 0) is 106 Å². The number of allylic oxidation sites excluding steroid dienone is 12. The molecule has 1 saturated carbocycles. The van der Waals surface area contributed by atoms with Gasteiger partial charge in [-0.3, -0.25) is 0 Å². The maximum atomic E-state index is 4.08. The van der Waals surface area contributed by atoms with Crippen molar-refractivity contribution in [2.75, 3.05) is 18.6 Å². The molecule has 0 amide bonds. The van der Waals surface area contributed by atoms with Crippen LogP contribution in [0.2, 0.25) is 0 Å². The minimum absolute atomic E-state index is 0.627. The van der Waals surface area contributed by atoms with Crippen LogP contribution >= 0.6 is 12.6 Å². The summed E-state index contributed by atoms with van der Waals surface area (Å²) in [6.07, 6.45) is 20.1. The van der Waals surface area contributed by atoms with Crippen LogP contribution < -0.4 is 5.32 Å². The zero-order valence-electron chi connectivity index (χ0n) is 23.9. The molecule has 1 aromatic carbocycles. The topological polar surface area (TPSA) is 12.0 Å². The summed E-state index contributed by atoms with van der Waals surface area (Å²) in [7, 11) is 1.98. The summed E-state index contributed by atoms with van der Waals surface area (Å²) in [6, 6.07) is 8.47. The van der Waals surface area contributed by atoms with Gasteiger partial charge in [-0.15, -0.1) is 0 Å². The van der Waals surface area contributed by atoms with Crippen molar-refractivity contribution in [1.82, 2.24) is 0 Å². The lowest BCUT2D eigenvalue weighted by Crippen LogP contribution is -2.13. The van der Waals surface area contributed by atoms with E-state index in [0.29, 0.717) is 5.92 Å². The Bertz CT molecular complexity index is 1020. The van der Waals surface area contributed by atoms with Crippen LogP contribution in [0.4, 0.5) is 5.69 Å². The second kappa shape index (κ2) is 17.1. The van der Waals surface area contributed by atoms with E-state index in [1.54, 1.807) is 6.26 Å². The van der Waals surface area contributed by atoms with Gasteiger partial charge in [0.2, 0.25) is 0 Å². The lowest BCUT2D eigenvalue weighted by molar-refractivity contribution is 0.404. The van der Waals surface area contributed by atoms with Crippen molar-refractivity contribution in [1.29, 1.82) is 0 Å². The standard InChI is InChI=1S/C33H45N.CH4S/c1-9-28(23-30-17-13-14-18-32(30)34-8)21-20-26(6)27(7)33(29-15-11-10-12-16-29)31(25(4)5)22-19-24(2)3;1-2/h9,13-14,17-22,29,34H,1-2,10-12,15-16,23H2,3-8H3;2H,1H3/b22-19-,26-20+,28-21+,33-27+;. The lowest BCUT2D eigenvalue weighted by Gasteiger charge is -2.28. The van der Waals surface area contributed by atoms with Crippen molar-refractivity contribution in [3.8, 4) is 0 Å². The van der Waals surface area contributed by atoms with Crippen LogP contribution in [0.15, 0.2) is 107 Å². The van der Waals surface area contributed by atoms with E-state index in [1.807, 2.05) is 13.1 Å². The summed E-state index contributed by atoms with van der Waals surface area (Å²) in [5, 5.41) is 3.30. The molecule has 1 aliphatic rings. The monoisotopic (exact) mass is 503 g/mol. The zero-order chi connectivity index (χ0) is 27.1. The summed E-state index contributed by atoms with van der Waals surface area (Å²) in [4.78, 5) is 0. The average molecular weight is 504 g/mol. The fraction of sp³-hybridized carbons (Fsp3) is 0.412. The first kappa shape index (κ1) is 31.6. The lowest BCUT2D eigenvalue weighted by atomic mass is 9.76. The maximum Gasteiger partial charge on any atom is 0.0373 e. The maximum absolute atomic E-state index is 4.08. The SMILES string of the molecule is C=C\C(=C/C=C(C)/C(C)=C(/C(/C=C\C(=C)C)=C(C)C)C1CCCCC1)Cc1ccccc1NC.CS. The summed E-state index contributed by atoms with van der Waals surface area (Å²) < 4.78 is 0. The summed E-state index contributed by atoms with van der Waals surface area (Å²) in [5.41, 5.74) is 11.8. The largest absolute Gasteiger partial charge is 0.388 e. The minimum atomic E-state index is 0.627. The van der Waals surface area contributed by atoms with E-state index in [9.17, 15) is 0 Å². The van der Waals surface area contributed by atoms with Crippen LogP contribution in [0.1, 0.15) is 72.3 Å².